The van der Waals surface area contributed by atoms with E-state index in [1.165, 1.54) is 30.1 Å². The van der Waals surface area contributed by atoms with Crippen LogP contribution in [0.15, 0.2) is 36.5 Å². The summed E-state index contributed by atoms with van der Waals surface area (Å²) in [6, 6.07) is 7.78. The monoisotopic (exact) mass is 700 g/mol. The minimum Gasteiger partial charge on any atom is -0.452 e. The molecule has 0 saturated heterocycles. The first-order valence-electron chi connectivity index (χ1n) is 11.5. The third kappa shape index (κ3) is 6.73. The van der Waals surface area contributed by atoms with Crippen LogP contribution in [0.25, 0.3) is 5.82 Å². The quantitative estimate of drug-likeness (QED) is 0.217. The number of methoxy groups -OCH3 is 1. The molecule has 1 aromatic carbocycles. The van der Waals surface area contributed by atoms with Gasteiger partial charge in [-0.25, -0.2) is 28.3 Å². The van der Waals surface area contributed by atoms with Crippen molar-refractivity contribution in [2.45, 2.75) is 19.9 Å². The third-order valence-electron chi connectivity index (χ3n) is 5.40. The van der Waals surface area contributed by atoms with Gasteiger partial charge in [-0.3, -0.25) is 15.0 Å². The molecule has 4 rings (SSSR count). The van der Waals surface area contributed by atoms with Gasteiger partial charge in [0.2, 0.25) is 5.82 Å². The van der Waals surface area contributed by atoms with E-state index in [0.717, 1.165) is 16.9 Å². The normalized spacial score (nSPS) is 10.9. The van der Waals surface area contributed by atoms with Gasteiger partial charge in [-0.2, -0.15) is 9.90 Å². The Labute approximate surface area is 249 Å². The summed E-state index contributed by atoms with van der Waals surface area (Å²) in [5, 5.41) is 18.6. The van der Waals surface area contributed by atoms with Gasteiger partial charge in [0.05, 0.1) is 29.1 Å². The van der Waals surface area contributed by atoms with E-state index in [-0.39, 0.29) is 40.0 Å². The standard InChI is InChI=1S/C23H20ClF2IN10O4/c1-11-7-12(27)8-14(21(38)33-35(2)23(40)41-3)17(11)29-22(39)16-9-13(10-36-32-19(18(25)26)30-34-36)31-37(16)20-15(24)5-4-6-28-20/h4-9,18H,10H2,1-3H3,(H,29,39)(H,33,38). The number of halogens is 4. The van der Waals surface area contributed by atoms with E-state index in [2.05, 4.69) is 41.0 Å². The van der Waals surface area contributed by atoms with Crippen LogP contribution >= 0.6 is 34.2 Å². The van der Waals surface area contributed by atoms with E-state index in [4.69, 9.17) is 11.6 Å². The van der Waals surface area contributed by atoms with Gasteiger partial charge >= 0.3 is 12.5 Å². The van der Waals surface area contributed by atoms with Gasteiger partial charge in [-0.1, -0.05) is 11.6 Å². The van der Waals surface area contributed by atoms with Crippen molar-refractivity contribution in [3.63, 3.8) is 0 Å². The molecule has 0 aliphatic rings. The van der Waals surface area contributed by atoms with Crippen molar-refractivity contribution in [3.05, 3.63) is 73.5 Å². The molecule has 0 atom stereocenters. The van der Waals surface area contributed by atoms with Crippen molar-refractivity contribution < 1.29 is 27.9 Å². The fourth-order valence-corrected chi connectivity index (χ4v) is 4.56. The molecule has 0 aliphatic carbocycles. The van der Waals surface area contributed by atoms with Gasteiger partial charge in [0.25, 0.3) is 11.8 Å². The summed E-state index contributed by atoms with van der Waals surface area (Å²) in [6.45, 7) is 1.49. The van der Waals surface area contributed by atoms with Crippen LogP contribution in [0.4, 0.5) is 19.3 Å². The zero-order valence-electron chi connectivity index (χ0n) is 21.5. The number of alkyl halides is 2. The number of pyridine rings is 1. The Morgan fingerprint density at radius 3 is 2.61 bits per heavy atom. The maximum absolute atomic E-state index is 13.7. The molecule has 0 spiro atoms. The van der Waals surface area contributed by atoms with E-state index in [1.54, 1.807) is 25.1 Å². The van der Waals surface area contributed by atoms with Gasteiger partial charge in [-0.05, 0) is 70.6 Å². The molecule has 0 bridgehead atoms. The first kappa shape index (κ1) is 29.7. The molecule has 0 saturated carbocycles. The molecule has 0 aliphatic heterocycles. The Bertz CT molecular complexity index is 1630. The first-order valence-corrected chi connectivity index (χ1v) is 12.9. The summed E-state index contributed by atoms with van der Waals surface area (Å²) in [5.41, 5.74) is 3.30. The number of carbonyl (C=O) groups excluding carboxylic acids is 3. The van der Waals surface area contributed by atoms with Gasteiger partial charge in [0, 0.05) is 16.8 Å². The van der Waals surface area contributed by atoms with Crippen LogP contribution in [0, 0.1) is 10.5 Å². The lowest BCUT2D eigenvalue weighted by Gasteiger charge is -2.19. The van der Waals surface area contributed by atoms with Crippen molar-refractivity contribution >= 4 is 57.8 Å². The average molecular weight is 701 g/mol. The molecular formula is C23H20ClF2IN10O4. The highest BCUT2D eigenvalue weighted by Crippen LogP contribution is 2.26. The highest BCUT2D eigenvalue weighted by atomic mass is 127. The predicted octanol–water partition coefficient (Wildman–Crippen LogP) is 3.40. The number of rotatable bonds is 7. The molecular weight excluding hydrogens is 681 g/mol. The van der Waals surface area contributed by atoms with Crippen molar-refractivity contribution in [1.29, 1.82) is 0 Å². The number of hydrogen-bond acceptors (Lipinski definition) is 9. The molecule has 214 valence electrons. The van der Waals surface area contributed by atoms with E-state index >= 15 is 0 Å². The summed E-state index contributed by atoms with van der Waals surface area (Å²) in [4.78, 5) is 43.6. The Hall–Kier alpha value is -4.26. The Morgan fingerprint density at radius 2 is 1.95 bits per heavy atom. The van der Waals surface area contributed by atoms with Crippen LogP contribution in [0.1, 0.15) is 44.4 Å². The number of hydrogen-bond donors (Lipinski definition) is 2. The largest absolute Gasteiger partial charge is 0.452 e. The number of amides is 3. The summed E-state index contributed by atoms with van der Waals surface area (Å²) in [5.74, 6) is -2.04. The molecule has 3 heterocycles. The Balaban J connectivity index is 1.71. The number of hydrazine groups is 1. The zero-order valence-corrected chi connectivity index (χ0v) is 24.4. The van der Waals surface area contributed by atoms with Crippen molar-refractivity contribution in [3.8, 4) is 5.82 Å². The number of benzene rings is 1. The van der Waals surface area contributed by atoms with E-state index in [9.17, 15) is 23.2 Å². The molecule has 18 heteroatoms. The molecule has 0 radical (unpaired) electrons. The number of nitrogens with zero attached hydrogens (tertiary/aromatic N) is 8. The van der Waals surface area contributed by atoms with E-state index in [1.807, 2.05) is 22.6 Å². The summed E-state index contributed by atoms with van der Waals surface area (Å²) in [6.07, 6.45) is -2.27. The first-order chi connectivity index (χ1) is 19.5. The van der Waals surface area contributed by atoms with Crippen LogP contribution in [0.2, 0.25) is 5.02 Å². The number of ether oxygens (including phenoxy) is 1. The highest BCUT2D eigenvalue weighted by Gasteiger charge is 2.24. The van der Waals surface area contributed by atoms with Gasteiger partial charge < -0.3 is 10.1 Å². The van der Waals surface area contributed by atoms with Crippen molar-refractivity contribution in [1.82, 2.24) is 45.4 Å². The highest BCUT2D eigenvalue weighted by molar-refractivity contribution is 14.1. The Kier molecular flexibility index (Phi) is 9.06. The number of carbonyl (C=O) groups is 3. The molecule has 41 heavy (non-hydrogen) atoms. The van der Waals surface area contributed by atoms with E-state index < -0.39 is 30.2 Å². The number of nitrogens with one attached hydrogen (secondary N) is 2. The maximum Gasteiger partial charge on any atom is 0.428 e. The molecule has 3 amide bonds. The SMILES string of the molecule is COC(=O)N(C)NC(=O)c1cc(I)cc(C)c1NC(=O)c1cc(Cn2nnc(C(F)F)n2)nn1-c1ncccc1Cl. The summed E-state index contributed by atoms with van der Waals surface area (Å²) >= 11 is 8.34. The van der Waals surface area contributed by atoms with Crippen LogP contribution in [-0.4, -0.2) is 72.0 Å². The second-order valence-electron chi connectivity index (χ2n) is 8.29. The lowest BCUT2D eigenvalue weighted by molar-refractivity contribution is 0.0767. The smallest absolute Gasteiger partial charge is 0.428 e. The lowest BCUT2D eigenvalue weighted by Crippen LogP contribution is -2.43. The summed E-state index contributed by atoms with van der Waals surface area (Å²) in [7, 11) is 2.46. The number of anilines is 1. The average Bonchev–Trinajstić information content (AvgIpc) is 3.57. The molecule has 2 N–H and O–H groups in total. The van der Waals surface area contributed by atoms with Crippen molar-refractivity contribution in [2.75, 3.05) is 19.5 Å². The number of aromatic nitrogens is 7. The third-order valence-corrected chi connectivity index (χ3v) is 6.32. The summed E-state index contributed by atoms with van der Waals surface area (Å²) < 4.78 is 32.3. The van der Waals surface area contributed by atoms with Gasteiger partial charge in [-0.15, -0.1) is 10.2 Å². The van der Waals surface area contributed by atoms with Crippen LogP contribution in [0.5, 0.6) is 0 Å². The van der Waals surface area contributed by atoms with Crippen LogP contribution < -0.4 is 10.7 Å². The minimum absolute atomic E-state index is 0.0502. The van der Waals surface area contributed by atoms with Crippen LogP contribution in [-0.2, 0) is 11.3 Å². The molecule has 4 aromatic rings. The lowest BCUT2D eigenvalue weighted by atomic mass is 10.1. The fraction of sp³-hybridized carbons (Fsp3) is 0.217. The second kappa shape index (κ2) is 12.5. The number of tetrazole rings is 1. The molecule has 0 unspecified atom stereocenters. The predicted molar refractivity (Wildman–Crippen MR) is 148 cm³/mol. The van der Waals surface area contributed by atoms with Crippen molar-refractivity contribution in [2.24, 2.45) is 0 Å². The molecule has 3 aromatic heterocycles. The van der Waals surface area contributed by atoms with Gasteiger partial charge in [0.15, 0.2) is 5.82 Å². The topological polar surface area (TPSA) is 162 Å². The second-order valence-corrected chi connectivity index (χ2v) is 9.94. The Morgan fingerprint density at radius 1 is 1.20 bits per heavy atom. The van der Waals surface area contributed by atoms with E-state index in [0.29, 0.717) is 9.13 Å². The molecule has 14 nitrogen and oxygen atoms in total. The maximum atomic E-state index is 13.7. The van der Waals surface area contributed by atoms with Crippen LogP contribution in [0.3, 0.4) is 0 Å². The van der Waals surface area contributed by atoms with Gasteiger partial charge in [0.1, 0.15) is 12.2 Å². The fourth-order valence-electron chi connectivity index (χ4n) is 3.58. The minimum atomic E-state index is -2.91. The zero-order chi connectivity index (χ0) is 29.8. The number of aryl methyl sites for hydroxylation is 1. The molecule has 0 fully saturated rings.